The normalized spacial score (nSPS) is 16.9. The maximum absolute atomic E-state index is 11.5. The molecule has 0 atom stereocenters. The third kappa shape index (κ3) is 3.52. The van der Waals surface area contributed by atoms with Gasteiger partial charge in [-0.15, -0.1) is 5.06 Å². The molecule has 96 valence electrons. The summed E-state index contributed by atoms with van der Waals surface area (Å²) in [6.07, 6.45) is 0.225. The second-order valence-electron chi connectivity index (χ2n) is 5.07. The minimum absolute atomic E-state index is 0.0283. The summed E-state index contributed by atoms with van der Waals surface area (Å²) >= 11 is 0. The molecule has 17 heavy (non-hydrogen) atoms. The Hall–Kier alpha value is -1.43. The first-order valence-electron chi connectivity index (χ1n) is 5.49. The Kier molecular flexibility index (Phi) is 3.87. The lowest BCUT2D eigenvalue weighted by Gasteiger charge is -2.30. The van der Waals surface area contributed by atoms with Crippen LogP contribution < -0.4 is 0 Å². The van der Waals surface area contributed by atoms with Crippen LogP contribution in [-0.2, 0) is 19.2 Å². The van der Waals surface area contributed by atoms with E-state index in [0.717, 1.165) is 0 Å². The first kappa shape index (κ1) is 13.6. The van der Waals surface area contributed by atoms with Crippen molar-refractivity contribution in [3.05, 3.63) is 0 Å². The lowest BCUT2D eigenvalue weighted by Crippen LogP contribution is -2.43. The van der Waals surface area contributed by atoms with E-state index < -0.39 is 17.8 Å². The van der Waals surface area contributed by atoms with Crippen molar-refractivity contribution in [2.24, 2.45) is 0 Å². The van der Waals surface area contributed by atoms with Crippen LogP contribution in [0, 0.1) is 0 Å². The highest BCUT2D eigenvalue weighted by Crippen LogP contribution is 2.14. The zero-order valence-corrected chi connectivity index (χ0v) is 10.6. The fraction of sp³-hybridized carbons (Fsp3) is 0.727. The Balaban J connectivity index is 2.50. The van der Waals surface area contributed by atoms with E-state index in [1.165, 1.54) is 0 Å². The highest BCUT2D eigenvalue weighted by Gasteiger charge is 2.33. The second kappa shape index (κ2) is 4.83. The van der Waals surface area contributed by atoms with E-state index >= 15 is 0 Å². The summed E-state index contributed by atoms with van der Waals surface area (Å²) in [4.78, 5) is 40.5. The average molecular weight is 242 g/mol. The largest absolute Gasteiger partial charge is 0.347 e. The summed E-state index contributed by atoms with van der Waals surface area (Å²) < 4.78 is 0. The highest BCUT2D eigenvalue weighted by molar-refractivity contribution is 6.01. The number of likely N-dealkylation sites (N-methyl/N-ethyl adjacent to an activating group) is 1. The van der Waals surface area contributed by atoms with E-state index in [1.54, 1.807) is 11.9 Å². The molecule has 0 aromatic carbocycles. The van der Waals surface area contributed by atoms with Crippen LogP contribution in [0.2, 0.25) is 0 Å². The summed E-state index contributed by atoms with van der Waals surface area (Å²) in [5.74, 6) is -1.52. The Morgan fingerprint density at radius 3 is 2.18 bits per heavy atom. The molecule has 0 radical (unpaired) electrons. The van der Waals surface area contributed by atoms with E-state index in [2.05, 4.69) is 0 Å². The molecule has 1 aliphatic heterocycles. The van der Waals surface area contributed by atoms with Gasteiger partial charge in [-0.25, -0.2) is 4.79 Å². The van der Waals surface area contributed by atoms with Crippen LogP contribution in [-0.4, -0.2) is 46.9 Å². The zero-order valence-electron chi connectivity index (χ0n) is 10.6. The van der Waals surface area contributed by atoms with Crippen LogP contribution in [0.3, 0.4) is 0 Å². The SMILES string of the molecule is CN(CC(=O)ON1C(=O)CCC1=O)C(C)(C)C. The topological polar surface area (TPSA) is 66.9 Å². The van der Waals surface area contributed by atoms with Crippen molar-refractivity contribution in [3.8, 4) is 0 Å². The van der Waals surface area contributed by atoms with Crippen LogP contribution in [0.4, 0.5) is 0 Å². The van der Waals surface area contributed by atoms with Crippen LogP contribution >= 0.6 is 0 Å². The van der Waals surface area contributed by atoms with Crippen molar-refractivity contribution in [1.29, 1.82) is 0 Å². The van der Waals surface area contributed by atoms with Gasteiger partial charge in [0.05, 0.1) is 6.54 Å². The average Bonchev–Trinajstić information content (AvgIpc) is 2.48. The number of hydroxylamine groups is 2. The van der Waals surface area contributed by atoms with Gasteiger partial charge in [0.25, 0.3) is 11.8 Å². The standard InChI is InChI=1S/C11H18N2O4/c1-11(2,3)12(4)7-10(16)17-13-8(14)5-6-9(13)15/h5-7H2,1-4H3. The summed E-state index contributed by atoms with van der Waals surface area (Å²) in [5.41, 5.74) is -0.182. The van der Waals surface area contributed by atoms with E-state index in [4.69, 9.17) is 4.84 Å². The lowest BCUT2D eigenvalue weighted by molar-refractivity contribution is -0.198. The van der Waals surface area contributed by atoms with Crippen LogP contribution in [0.5, 0.6) is 0 Å². The molecule has 2 amide bonds. The predicted molar refractivity (Wildman–Crippen MR) is 59.6 cm³/mol. The van der Waals surface area contributed by atoms with Gasteiger partial charge in [-0.1, -0.05) is 0 Å². The minimum atomic E-state index is -0.606. The summed E-state index contributed by atoms with van der Waals surface area (Å²) in [6, 6.07) is 0. The van der Waals surface area contributed by atoms with Crippen molar-refractivity contribution in [1.82, 2.24) is 9.96 Å². The molecule has 6 heteroatoms. The molecule has 0 spiro atoms. The molecule has 0 N–H and O–H groups in total. The van der Waals surface area contributed by atoms with E-state index in [9.17, 15) is 14.4 Å². The summed E-state index contributed by atoms with van der Waals surface area (Å²) in [5, 5.41) is 0.568. The number of hydrogen-bond acceptors (Lipinski definition) is 5. The molecule has 0 aromatic heterocycles. The predicted octanol–water partition coefficient (Wildman–Crippen LogP) is 0.324. The minimum Gasteiger partial charge on any atom is -0.329 e. The van der Waals surface area contributed by atoms with Gasteiger partial charge >= 0.3 is 5.97 Å². The highest BCUT2D eigenvalue weighted by atomic mass is 16.7. The van der Waals surface area contributed by atoms with Crippen LogP contribution in [0.25, 0.3) is 0 Å². The van der Waals surface area contributed by atoms with Crippen molar-refractivity contribution < 1.29 is 19.2 Å². The number of hydrogen-bond donors (Lipinski definition) is 0. The maximum Gasteiger partial charge on any atom is 0.347 e. The number of nitrogens with zero attached hydrogens (tertiary/aromatic N) is 2. The Morgan fingerprint density at radius 2 is 1.76 bits per heavy atom. The van der Waals surface area contributed by atoms with Crippen molar-refractivity contribution in [2.75, 3.05) is 13.6 Å². The van der Waals surface area contributed by atoms with Gasteiger partial charge in [0, 0.05) is 18.4 Å². The number of carbonyl (C=O) groups is 3. The van der Waals surface area contributed by atoms with Crippen molar-refractivity contribution in [2.45, 2.75) is 39.2 Å². The smallest absolute Gasteiger partial charge is 0.329 e. The molecule has 1 aliphatic rings. The number of rotatable bonds is 3. The molecule has 0 bridgehead atoms. The van der Waals surface area contributed by atoms with Gasteiger partial charge in [0.15, 0.2) is 0 Å². The third-order valence-corrected chi connectivity index (χ3v) is 2.71. The van der Waals surface area contributed by atoms with Gasteiger partial charge < -0.3 is 4.84 Å². The van der Waals surface area contributed by atoms with Gasteiger partial charge in [-0.2, -0.15) is 0 Å². The van der Waals surface area contributed by atoms with Gasteiger partial charge in [-0.05, 0) is 27.8 Å². The number of imide groups is 1. The molecule has 0 unspecified atom stereocenters. The molecule has 6 nitrogen and oxygen atoms in total. The lowest BCUT2D eigenvalue weighted by atomic mass is 10.1. The fourth-order valence-electron chi connectivity index (χ4n) is 1.22. The van der Waals surface area contributed by atoms with Gasteiger partial charge in [0.1, 0.15) is 0 Å². The first-order valence-corrected chi connectivity index (χ1v) is 5.49. The molecule has 1 saturated heterocycles. The van der Waals surface area contributed by atoms with Gasteiger partial charge in [-0.3, -0.25) is 14.5 Å². The number of amides is 2. The maximum atomic E-state index is 11.5. The molecule has 1 heterocycles. The van der Waals surface area contributed by atoms with E-state index in [1.807, 2.05) is 20.8 Å². The summed E-state index contributed by atoms with van der Waals surface area (Å²) in [6.45, 7) is 5.88. The van der Waals surface area contributed by atoms with Crippen molar-refractivity contribution in [3.63, 3.8) is 0 Å². The molecular formula is C11H18N2O4. The number of carbonyl (C=O) groups excluding carboxylic acids is 3. The molecule has 0 aliphatic carbocycles. The molecular weight excluding hydrogens is 224 g/mol. The first-order chi connectivity index (χ1) is 7.71. The summed E-state index contributed by atoms with van der Waals surface area (Å²) in [7, 11) is 1.77. The van der Waals surface area contributed by atoms with Crippen LogP contribution in [0.15, 0.2) is 0 Å². The Labute approximate surface area is 100 Å². The zero-order chi connectivity index (χ0) is 13.2. The molecule has 0 aromatic rings. The third-order valence-electron chi connectivity index (χ3n) is 2.71. The van der Waals surface area contributed by atoms with E-state index in [-0.39, 0.29) is 24.9 Å². The second-order valence-corrected chi connectivity index (χ2v) is 5.07. The molecule has 1 fully saturated rings. The van der Waals surface area contributed by atoms with Crippen molar-refractivity contribution >= 4 is 17.8 Å². The van der Waals surface area contributed by atoms with Gasteiger partial charge in [0.2, 0.25) is 0 Å². The molecule has 1 rings (SSSR count). The Bertz CT molecular complexity index is 330. The Morgan fingerprint density at radius 1 is 1.29 bits per heavy atom. The monoisotopic (exact) mass is 242 g/mol. The quantitative estimate of drug-likeness (QED) is 0.667. The van der Waals surface area contributed by atoms with E-state index in [0.29, 0.717) is 5.06 Å². The van der Waals surface area contributed by atoms with Crippen LogP contribution in [0.1, 0.15) is 33.6 Å². The fourth-order valence-corrected chi connectivity index (χ4v) is 1.22. The molecule has 0 saturated carbocycles.